The summed E-state index contributed by atoms with van der Waals surface area (Å²) < 4.78 is 0. The zero-order chi connectivity index (χ0) is 10.5. The van der Waals surface area contributed by atoms with Crippen LogP contribution in [0.4, 0.5) is 0 Å². The average molecular weight is 204 g/mol. The summed E-state index contributed by atoms with van der Waals surface area (Å²) in [4.78, 5) is 17.7. The third-order valence-corrected chi connectivity index (χ3v) is 2.79. The lowest BCUT2D eigenvalue weighted by molar-refractivity contribution is -0.133. The molecular formula is C12H16N2O. The first-order valence-corrected chi connectivity index (χ1v) is 5.54. The molecule has 2 heterocycles. The van der Waals surface area contributed by atoms with Gasteiger partial charge in [-0.1, -0.05) is 6.07 Å². The van der Waals surface area contributed by atoms with E-state index in [9.17, 15) is 4.79 Å². The van der Waals surface area contributed by atoms with E-state index in [4.69, 9.17) is 0 Å². The minimum Gasteiger partial charge on any atom is -0.342 e. The number of likely N-dealkylation sites (tertiary alicyclic amines) is 1. The van der Waals surface area contributed by atoms with Gasteiger partial charge in [0.2, 0.25) is 5.91 Å². The Balaban J connectivity index is 1.85. The number of carbonyl (C=O) groups excluding carboxylic acids is 1. The van der Waals surface area contributed by atoms with Gasteiger partial charge in [0, 0.05) is 37.8 Å². The van der Waals surface area contributed by atoms with Crippen LogP contribution in [0, 0.1) is 0 Å². The monoisotopic (exact) mass is 204 g/mol. The predicted molar refractivity (Wildman–Crippen MR) is 58.4 cm³/mol. The predicted octanol–water partition coefficient (Wildman–Crippen LogP) is 1.64. The molecule has 3 heteroatoms. The Labute approximate surface area is 90.1 Å². The standard InChI is InChI=1S/C12H16N2O/c15-12-6-2-4-9-14(12)10-7-11-5-1-3-8-13-11/h1,3,5,8H,2,4,6-7,9-10H2. The van der Waals surface area contributed by atoms with Crippen LogP contribution in [0.25, 0.3) is 0 Å². The number of aromatic nitrogens is 1. The van der Waals surface area contributed by atoms with Gasteiger partial charge in [0.15, 0.2) is 0 Å². The van der Waals surface area contributed by atoms with Crippen molar-refractivity contribution in [1.82, 2.24) is 9.88 Å². The van der Waals surface area contributed by atoms with Crippen LogP contribution < -0.4 is 0 Å². The van der Waals surface area contributed by atoms with Crippen LogP contribution in [-0.2, 0) is 11.2 Å². The lowest BCUT2D eigenvalue weighted by atomic mass is 10.1. The van der Waals surface area contributed by atoms with Gasteiger partial charge in [-0.2, -0.15) is 0 Å². The van der Waals surface area contributed by atoms with Crippen molar-refractivity contribution in [2.75, 3.05) is 13.1 Å². The first-order valence-electron chi connectivity index (χ1n) is 5.54. The highest BCUT2D eigenvalue weighted by atomic mass is 16.2. The highest BCUT2D eigenvalue weighted by Gasteiger charge is 2.17. The number of pyridine rings is 1. The van der Waals surface area contributed by atoms with Crippen LogP contribution >= 0.6 is 0 Å². The van der Waals surface area contributed by atoms with Crippen molar-refractivity contribution in [2.45, 2.75) is 25.7 Å². The number of piperidine rings is 1. The number of carbonyl (C=O) groups is 1. The number of nitrogens with zero attached hydrogens (tertiary/aromatic N) is 2. The minimum atomic E-state index is 0.303. The maximum absolute atomic E-state index is 11.5. The summed E-state index contributed by atoms with van der Waals surface area (Å²) in [6.07, 6.45) is 5.59. The summed E-state index contributed by atoms with van der Waals surface area (Å²) >= 11 is 0. The SMILES string of the molecule is O=C1CCCCN1CCc1ccccn1. The third kappa shape index (κ3) is 2.78. The summed E-state index contributed by atoms with van der Waals surface area (Å²) in [5.41, 5.74) is 1.07. The molecule has 0 spiro atoms. The maximum Gasteiger partial charge on any atom is 0.222 e. The Morgan fingerprint density at radius 3 is 3.00 bits per heavy atom. The molecule has 1 aromatic rings. The molecule has 1 aliphatic rings. The van der Waals surface area contributed by atoms with Crippen LogP contribution in [0.3, 0.4) is 0 Å². The lowest BCUT2D eigenvalue weighted by Gasteiger charge is -2.26. The normalized spacial score (nSPS) is 16.8. The summed E-state index contributed by atoms with van der Waals surface area (Å²) in [7, 11) is 0. The van der Waals surface area contributed by atoms with Crippen molar-refractivity contribution < 1.29 is 4.79 Å². The van der Waals surface area contributed by atoms with E-state index < -0.39 is 0 Å². The van der Waals surface area contributed by atoms with Crippen LogP contribution in [-0.4, -0.2) is 28.9 Å². The fourth-order valence-corrected chi connectivity index (χ4v) is 1.89. The first-order chi connectivity index (χ1) is 7.36. The Kier molecular flexibility index (Phi) is 3.33. The minimum absolute atomic E-state index is 0.303. The molecule has 0 unspecified atom stereocenters. The van der Waals surface area contributed by atoms with Crippen molar-refractivity contribution >= 4 is 5.91 Å². The van der Waals surface area contributed by atoms with Crippen molar-refractivity contribution in [3.8, 4) is 0 Å². The number of hydrogen-bond acceptors (Lipinski definition) is 2. The molecule has 1 saturated heterocycles. The van der Waals surface area contributed by atoms with Gasteiger partial charge in [-0.25, -0.2) is 0 Å². The number of amides is 1. The van der Waals surface area contributed by atoms with E-state index in [0.717, 1.165) is 44.5 Å². The molecule has 1 amide bonds. The van der Waals surface area contributed by atoms with Crippen LogP contribution in [0.2, 0.25) is 0 Å². The van der Waals surface area contributed by atoms with Crippen molar-refractivity contribution in [3.63, 3.8) is 0 Å². The maximum atomic E-state index is 11.5. The lowest BCUT2D eigenvalue weighted by Crippen LogP contribution is -2.36. The summed E-state index contributed by atoms with van der Waals surface area (Å²) in [5, 5.41) is 0. The zero-order valence-electron chi connectivity index (χ0n) is 8.85. The van der Waals surface area contributed by atoms with Gasteiger partial charge in [0.1, 0.15) is 0 Å². The van der Waals surface area contributed by atoms with Crippen molar-refractivity contribution in [1.29, 1.82) is 0 Å². The molecule has 0 N–H and O–H groups in total. The molecule has 0 aliphatic carbocycles. The summed E-state index contributed by atoms with van der Waals surface area (Å²) in [5.74, 6) is 0.303. The molecule has 2 rings (SSSR count). The van der Waals surface area contributed by atoms with E-state index in [1.54, 1.807) is 6.20 Å². The largest absolute Gasteiger partial charge is 0.342 e. The molecule has 3 nitrogen and oxygen atoms in total. The zero-order valence-corrected chi connectivity index (χ0v) is 8.85. The van der Waals surface area contributed by atoms with E-state index in [2.05, 4.69) is 4.98 Å². The second-order valence-electron chi connectivity index (χ2n) is 3.91. The molecule has 1 aliphatic heterocycles. The van der Waals surface area contributed by atoms with Gasteiger partial charge < -0.3 is 4.90 Å². The number of rotatable bonds is 3. The van der Waals surface area contributed by atoms with Gasteiger partial charge in [0.05, 0.1) is 0 Å². The van der Waals surface area contributed by atoms with Gasteiger partial charge in [-0.3, -0.25) is 9.78 Å². The molecule has 15 heavy (non-hydrogen) atoms. The molecule has 0 bridgehead atoms. The van der Waals surface area contributed by atoms with Gasteiger partial charge in [-0.05, 0) is 25.0 Å². The molecule has 0 saturated carbocycles. The van der Waals surface area contributed by atoms with E-state index in [-0.39, 0.29) is 0 Å². The highest BCUT2D eigenvalue weighted by Crippen LogP contribution is 2.10. The molecule has 80 valence electrons. The average Bonchev–Trinajstić information content (AvgIpc) is 2.29. The highest BCUT2D eigenvalue weighted by molar-refractivity contribution is 5.76. The topological polar surface area (TPSA) is 33.2 Å². The second-order valence-corrected chi connectivity index (χ2v) is 3.91. The Morgan fingerprint density at radius 1 is 1.33 bits per heavy atom. The van der Waals surface area contributed by atoms with Gasteiger partial charge in [0.25, 0.3) is 0 Å². The van der Waals surface area contributed by atoms with Crippen LogP contribution in [0.1, 0.15) is 25.0 Å². The smallest absolute Gasteiger partial charge is 0.222 e. The van der Waals surface area contributed by atoms with Crippen LogP contribution in [0.15, 0.2) is 24.4 Å². The second kappa shape index (κ2) is 4.91. The van der Waals surface area contributed by atoms with Crippen molar-refractivity contribution in [2.24, 2.45) is 0 Å². The fourth-order valence-electron chi connectivity index (χ4n) is 1.89. The molecule has 0 aromatic carbocycles. The number of hydrogen-bond donors (Lipinski definition) is 0. The molecule has 0 radical (unpaired) electrons. The third-order valence-electron chi connectivity index (χ3n) is 2.79. The van der Waals surface area contributed by atoms with E-state index in [1.165, 1.54) is 0 Å². The molecule has 0 atom stereocenters. The van der Waals surface area contributed by atoms with Gasteiger partial charge in [-0.15, -0.1) is 0 Å². The quantitative estimate of drug-likeness (QED) is 0.750. The fraction of sp³-hybridized carbons (Fsp3) is 0.500. The molecule has 1 fully saturated rings. The Morgan fingerprint density at radius 2 is 2.27 bits per heavy atom. The van der Waals surface area contributed by atoms with Crippen molar-refractivity contribution in [3.05, 3.63) is 30.1 Å². The Hall–Kier alpha value is -1.38. The molecular weight excluding hydrogens is 188 g/mol. The van der Waals surface area contributed by atoms with E-state index >= 15 is 0 Å². The Bertz CT molecular complexity index is 324. The first kappa shape index (κ1) is 10.1. The molecule has 1 aromatic heterocycles. The summed E-state index contributed by atoms with van der Waals surface area (Å²) in [6.45, 7) is 1.74. The van der Waals surface area contributed by atoms with Gasteiger partial charge >= 0.3 is 0 Å². The van der Waals surface area contributed by atoms with Crippen LogP contribution in [0.5, 0.6) is 0 Å². The van der Waals surface area contributed by atoms with E-state index in [1.807, 2.05) is 23.1 Å². The van der Waals surface area contributed by atoms with E-state index in [0.29, 0.717) is 5.91 Å². The summed E-state index contributed by atoms with van der Waals surface area (Å²) in [6, 6.07) is 5.91.